The maximum atomic E-state index is 13.2. The van der Waals surface area contributed by atoms with E-state index in [9.17, 15) is 29.6 Å². The number of aromatic amines is 1. The van der Waals surface area contributed by atoms with Crippen LogP contribution in [0.1, 0.15) is 27.7 Å². The van der Waals surface area contributed by atoms with Crippen LogP contribution in [0.2, 0.25) is 0 Å². The van der Waals surface area contributed by atoms with Crippen molar-refractivity contribution in [3.05, 3.63) is 104 Å². The number of nitrogens with zero attached hydrogens (tertiary/aromatic N) is 3. The van der Waals surface area contributed by atoms with E-state index in [1.165, 1.54) is 7.11 Å². The summed E-state index contributed by atoms with van der Waals surface area (Å²) in [6.07, 6.45) is 0.983. The topological polar surface area (TPSA) is 189 Å². The molecule has 38 heavy (non-hydrogen) atoms. The summed E-state index contributed by atoms with van der Waals surface area (Å²) in [5.41, 5.74) is 1.61. The van der Waals surface area contributed by atoms with Gasteiger partial charge >= 0.3 is 0 Å². The third-order valence-electron chi connectivity index (χ3n) is 5.47. The molecule has 0 spiro atoms. The van der Waals surface area contributed by atoms with E-state index in [1.54, 1.807) is 54.6 Å². The molecule has 0 saturated heterocycles. The van der Waals surface area contributed by atoms with Gasteiger partial charge in [-0.1, -0.05) is 36.4 Å². The van der Waals surface area contributed by atoms with Gasteiger partial charge in [0.25, 0.3) is 23.1 Å². The fourth-order valence-electron chi connectivity index (χ4n) is 3.62. The Labute approximate surface area is 213 Å². The number of aromatic nitrogens is 2. The number of phenols is 1. The van der Waals surface area contributed by atoms with Crippen molar-refractivity contribution >= 4 is 34.5 Å². The molecular weight excluding hydrogens is 496 g/mol. The second-order valence-electron chi connectivity index (χ2n) is 7.83. The van der Waals surface area contributed by atoms with Gasteiger partial charge in [-0.15, -0.1) is 0 Å². The minimum Gasteiger partial charge on any atom is -0.504 e. The Bertz CT molecular complexity index is 1620. The number of hydrogen-bond acceptors (Lipinski definition) is 9. The van der Waals surface area contributed by atoms with Crippen molar-refractivity contribution in [3.63, 3.8) is 0 Å². The average Bonchev–Trinajstić information content (AvgIpc) is 2.93. The van der Waals surface area contributed by atoms with Gasteiger partial charge in [0.15, 0.2) is 17.5 Å². The highest BCUT2D eigenvalue weighted by molar-refractivity contribution is 5.99. The number of H-pyrrole nitrogens is 1. The second-order valence-corrected chi connectivity index (χ2v) is 7.83. The number of hydrogen-bond donors (Lipinski definition) is 4. The standard InChI is InChI=1S/C25H20N6O7/c1-38-19-12-16(31(36)37)11-15(22(19)32)13-26-29-25(35)21(27-23(33)14-7-3-2-4-8-14)20-17-9-5-6-10-18(17)24(34)30-28-20/h2-13,21,32H,1H3,(H,27,33)(H,29,35)(H,30,34)/b26-13+/t21-/m0/s1. The molecule has 0 aliphatic carbocycles. The van der Waals surface area contributed by atoms with Crippen molar-refractivity contribution in [3.8, 4) is 11.5 Å². The predicted octanol–water partition coefficient (Wildman–Crippen LogP) is 2.17. The number of nitro groups is 1. The Kier molecular flexibility index (Phi) is 7.38. The van der Waals surface area contributed by atoms with Crippen molar-refractivity contribution in [1.29, 1.82) is 0 Å². The molecule has 4 aromatic rings. The monoisotopic (exact) mass is 516 g/mol. The Morgan fingerprint density at radius 3 is 2.50 bits per heavy atom. The van der Waals surface area contributed by atoms with E-state index in [0.29, 0.717) is 5.39 Å². The molecule has 4 N–H and O–H groups in total. The van der Waals surface area contributed by atoms with Gasteiger partial charge in [-0.3, -0.25) is 24.5 Å². The number of rotatable bonds is 8. The molecule has 0 aliphatic heterocycles. The Morgan fingerprint density at radius 1 is 1.13 bits per heavy atom. The molecule has 0 unspecified atom stereocenters. The summed E-state index contributed by atoms with van der Waals surface area (Å²) in [4.78, 5) is 48.9. The van der Waals surface area contributed by atoms with Crippen molar-refractivity contribution in [2.45, 2.75) is 6.04 Å². The third kappa shape index (κ3) is 5.31. The van der Waals surface area contributed by atoms with Crippen LogP contribution in [0.4, 0.5) is 5.69 Å². The number of carbonyl (C=O) groups excluding carboxylic acids is 2. The van der Waals surface area contributed by atoms with Gasteiger partial charge in [-0.2, -0.15) is 10.2 Å². The van der Waals surface area contributed by atoms with Gasteiger partial charge in [0.1, 0.15) is 5.69 Å². The van der Waals surface area contributed by atoms with Gasteiger partial charge in [-0.05, 0) is 18.2 Å². The SMILES string of the molecule is COc1cc([N+](=O)[O-])cc(/C=N/NC(=O)[C@@H](NC(=O)c2ccccc2)c2n[nH]c(=O)c3ccccc23)c1O. The molecule has 0 radical (unpaired) electrons. The van der Waals surface area contributed by atoms with Crippen LogP contribution in [0.5, 0.6) is 11.5 Å². The van der Waals surface area contributed by atoms with Gasteiger partial charge in [0.05, 0.1) is 29.7 Å². The maximum Gasteiger partial charge on any atom is 0.274 e. The highest BCUT2D eigenvalue weighted by atomic mass is 16.6. The molecule has 0 fully saturated rings. The lowest BCUT2D eigenvalue weighted by atomic mass is 10.0. The number of aromatic hydroxyl groups is 1. The van der Waals surface area contributed by atoms with Crippen LogP contribution in [0.15, 0.2) is 76.6 Å². The molecule has 0 saturated carbocycles. The number of methoxy groups -OCH3 is 1. The molecule has 1 heterocycles. The first-order valence-electron chi connectivity index (χ1n) is 11.0. The van der Waals surface area contributed by atoms with Gasteiger partial charge in [0, 0.05) is 22.6 Å². The first kappa shape index (κ1) is 25.5. The number of nitrogens with one attached hydrogen (secondary N) is 3. The number of phenolic OH excluding ortho intramolecular Hbond substituents is 1. The van der Waals surface area contributed by atoms with E-state index < -0.39 is 34.1 Å². The lowest BCUT2D eigenvalue weighted by Gasteiger charge is -2.18. The predicted molar refractivity (Wildman–Crippen MR) is 136 cm³/mol. The van der Waals surface area contributed by atoms with Crippen molar-refractivity contribution < 1.29 is 24.4 Å². The van der Waals surface area contributed by atoms with E-state index >= 15 is 0 Å². The molecule has 13 heteroatoms. The quantitative estimate of drug-likeness (QED) is 0.156. The number of carbonyl (C=O) groups is 2. The summed E-state index contributed by atoms with van der Waals surface area (Å²) in [6.45, 7) is 0. The molecule has 4 rings (SSSR count). The summed E-state index contributed by atoms with van der Waals surface area (Å²) in [5.74, 6) is -2.03. The number of benzene rings is 3. The average molecular weight is 516 g/mol. The van der Waals surface area contributed by atoms with Crippen LogP contribution in [0, 0.1) is 10.1 Å². The number of ether oxygens (including phenoxy) is 1. The molecule has 0 bridgehead atoms. The summed E-state index contributed by atoms with van der Waals surface area (Å²) < 4.78 is 4.95. The number of hydrazone groups is 1. The van der Waals surface area contributed by atoms with Crippen molar-refractivity contribution in [1.82, 2.24) is 20.9 Å². The molecule has 2 amide bonds. The zero-order chi connectivity index (χ0) is 27.2. The fourth-order valence-corrected chi connectivity index (χ4v) is 3.62. The molecule has 1 atom stereocenters. The van der Waals surface area contributed by atoms with Gasteiger partial charge in [-0.25, -0.2) is 10.5 Å². The third-order valence-corrected chi connectivity index (χ3v) is 5.47. The highest BCUT2D eigenvalue weighted by Gasteiger charge is 2.27. The fraction of sp³-hybridized carbons (Fsp3) is 0.0800. The largest absolute Gasteiger partial charge is 0.504 e. The molecular formula is C25H20N6O7. The summed E-state index contributed by atoms with van der Waals surface area (Å²) >= 11 is 0. The number of fused-ring (bicyclic) bond motifs is 1. The first-order valence-corrected chi connectivity index (χ1v) is 11.0. The van der Waals surface area contributed by atoms with Crippen LogP contribution in [0.25, 0.3) is 10.8 Å². The highest BCUT2D eigenvalue weighted by Crippen LogP contribution is 2.33. The van der Waals surface area contributed by atoms with Crippen LogP contribution < -0.4 is 21.0 Å². The Balaban J connectivity index is 1.69. The van der Waals surface area contributed by atoms with E-state index in [0.717, 1.165) is 18.3 Å². The number of nitro benzene ring substituents is 1. The van der Waals surface area contributed by atoms with Crippen LogP contribution in [-0.4, -0.2) is 45.4 Å². The lowest BCUT2D eigenvalue weighted by molar-refractivity contribution is -0.385. The first-order chi connectivity index (χ1) is 18.3. The zero-order valence-electron chi connectivity index (χ0n) is 19.7. The summed E-state index contributed by atoms with van der Waals surface area (Å²) in [6, 6.07) is 15.2. The van der Waals surface area contributed by atoms with E-state index in [-0.39, 0.29) is 33.6 Å². The Morgan fingerprint density at radius 2 is 1.82 bits per heavy atom. The molecule has 3 aromatic carbocycles. The van der Waals surface area contributed by atoms with Crippen molar-refractivity contribution in [2.75, 3.05) is 7.11 Å². The molecule has 192 valence electrons. The minimum absolute atomic E-state index is 0.0528. The van der Waals surface area contributed by atoms with Crippen LogP contribution in [0.3, 0.4) is 0 Å². The van der Waals surface area contributed by atoms with Crippen molar-refractivity contribution in [2.24, 2.45) is 5.10 Å². The van der Waals surface area contributed by atoms with Gasteiger partial charge in [0.2, 0.25) is 0 Å². The smallest absolute Gasteiger partial charge is 0.274 e. The molecule has 13 nitrogen and oxygen atoms in total. The normalized spacial score (nSPS) is 11.7. The maximum absolute atomic E-state index is 13.2. The Hall–Kier alpha value is -5.59. The van der Waals surface area contributed by atoms with E-state index in [4.69, 9.17) is 4.74 Å². The summed E-state index contributed by atoms with van der Waals surface area (Å²) in [7, 11) is 1.23. The minimum atomic E-state index is -1.41. The molecule has 1 aromatic heterocycles. The lowest BCUT2D eigenvalue weighted by Crippen LogP contribution is -2.40. The van der Waals surface area contributed by atoms with E-state index in [1.807, 2.05) is 0 Å². The van der Waals surface area contributed by atoms with E-state index in [2.05, 4.69) is 26.0 Å². The van der Waals surface area contributed by atoms with Crippen LogP contribution in [-0.2, 0) is 4.79 Å². The molecule has 0 aliphatic rings. The second kappa shape index (κ2) is 11.0. The number of non-ortho nitro benzene ring substituents is 1. The zero-order valence-corrected chi connectivity index (χ0v) is 19.7. The van der Waals surface area contributed by atoms with Gasteiger partial charge < -0.3 is 15.2 Å². The summed E-state index contributed by atoms with van der Waals surface area (Å²) in [5, 5.41) is 34.8. The number of amides is 2. The van der Waals surface area contributed by atoms with Crippen LogP contribution >= 0.6 is 0 Å².